The van der Waals surface area contributed by atoms with Crippen molar-refractivity contribution in [1.82, 2.24) is 4.57 Å². The summed E-state index contributed by atoms with van der Waals surface area (Å²) in [6.45, 7) is 2.99. The number of hydrogen-bond acceptors (Lipinski definition) is 8. The largest absolute Gasteiger partial charge is 0.462 e. The first-order chi connectivity index (χ1) is 15.9. The Morgan fingerprint density at radius 2 is 1.97 bits per heavy atom. The van der Waals surface area contributed by atoms with Crippen LogP contribution < -0.4 is 11.1 Å². The number of oxazole rings is 1. The fourth-order valence-corrected chi connectivity index (χ4v) is 5.15. The first-order valence-electron chi connectivity index (χ1n) is 10.8. The molecule has 0 bridgehead atoms. The average molecular weight is 473 g/mol. The quantitative estimate of drug-likeness (QED) is 0.525. The topological polar surface area (TPSA) is 117 Å². The van der Waals surface area contributed by atoms with Crippen LogP contribution in [-0.2, 0) is 38.4 Å². The number of amides is 1. The molecular formula is C23H24N2O7S. The van der Waals surface area contributed by atoms with Crippen molar-refractivity contribution in [3.8, 4) is 0 Å². The molecular weight excluding hydrogens is 448 g/mol. The summed E-state index contributed by atoms with van der Waals surface area (Å²) in [6, 6.07) is 6.71. The highest BCUT2D eigenvalue weighted by Crippen LogP contribution is 2.38. The maximum atomic E-state index is 12.8. The van der Waals surface area contributed by atoms with Gasteiger partial charge in [0.2, 0.25) is 0 Å². The van der Waals surface area contributed by atoms with Gasteiger partial charge in [-0.2, -0.15) is 0 Å². The molecule has 33 heavy (non-hydrogen) atoms. The summed E-state index contributed by atoms with van der Waals surface area (Å²) in [6.07, 6.45) is 2.47. The Morgan fingerprint density at radius 1 is 1.21 bits per heavy atom. The Kier molecular flexibility index (Phi) is 6.64. The number of nitrogens with one attached hydrogen (secondary N) is 1. The average Bonchev–Trinajstić information content (AvgIpc) is 3.30. The molecule has 9 nitrogen and oxygen atoms in total. The van der Waals surface area contributed by atoms with Gasteiger partial charge in [0.1, 0.15) is 11.5 Å². The standard InChI is InChI=1S/C23H24N2O7S/c1-3-30-22(28)19-14-8-4-7-11-17(14)33-21(19)24-20(27)13(2)31-18(26)12-25-15-9-5-6-10-16(15)32-23(25)29/h5-6,9-10,13H,3-4,7-8,11-12H2,1-2H3,(H,24,27). The number of fused-ring (bicyclic) bond motifs is 2. The van der Waals surface area contributed by atoms with Crippen LogP contribution in [0.25, 0.3) is 11.1 Å². The molecule has 1 N–H and O–H groups in total. The van der Waals surface area contributed by atoms with Crippen molar-refractivity contribution in [2.75, 3.05) is 11.9 Å². The van der Waals surface area contributed by atoms with Crippen LogP contribution in [0.5, 0.6) is 0 Å². The number of aryl methyl sites for hydroxylation is 1. The zero-order chi connectivity index (χ0) is 23.5. The predicted molar refractivity (Wildman–Crippen MR) is 122 cm³/mol. The Labute approximate surface area is 193 Å². The summed E-state index contributed by atoms with van der Waals surface area (Å²) < 4.78 is 16.7. The van der Waals surface area contributed by atoms with E-state index in [2.05, 4.69) is 5.32 Å². The van der Waals surface area contributed by atoms with Gasteiger partial charge in [0.15, 0.2) is 11.7 Å². The molecule has 0 radical (unpaired) electrons. The SMILES string of the molecule is CCOC(=O)c1c(NC(=O)C(C)OC(=O)Cn2c(=O)oc3ccccc32)sc2c1CCCC2. The lowest BCUT2D eigenvalue weighted by atomic mass is 9.95. The second kappa shape index (κ2) is 9.62. The number of carbonyl (C=O) groups is 3. The van der Waals surface area contributed by atoms with E-state index in [0.717, 1.165) is 40.7 Å². The first kappa shape index (κ1) is 22.8. The summed E-state index contributed by atoms with van der Waals surface area (Å²) in [4.78, 5) is 50.8. The van der Waals surface area contributed by atoms with Gasteiger partial charge < -0.3 is 19.2 Å². The van der Waals surface area contributed by atoms with Crippen LogP contribution in [0, 0.1) is 0 Å². The molecule has 0 saturated carbocycles. The zero-order valence-corrected chi connectivity index (χ0v) is 19.2. The van der Waals surface area contributed by atoms with Crippen LogP contribution in [0.2, 0.25) is 0 Å². The van der Waals surface area contributed by atoms with E-state index in [0.29, 0.717) is 21.7 Å². The number of nitrogens with zero attached hydrogens (tertiary/aromatic N) is 1. The number of benzene rings is 1. The summed E-state index contributed by atoms with van der Waals surface area (Å²) in [5.74, 6) is -2.49. The van der Waals surface area contributed by atoms with E-state index in [9.17, 15) is 19.2 Å². The number of carbonyl (C=O) groups excluding carboxylic acids is 3. The van der Waals surface area contributed by atoms with Crippen LogP contribution in [0.3, 0.4) is 0 Å². The molecule has 0 aliphatic heterocycles. The summed E-state index contributed by atoms with van der Waals surface area (Å²) in [5.41, 5.74) is 2.13. The van der Waals surface area contributed by atoms with E-state index < -0.39 is 36.3 Å². The van der Waals surface area contributed by atoms with Gasteiger partial charge in [-0.1, -0.05) is 12.1 Å². The van der Waals surface area contributed by atoms with Crippen molar-refractivity contribution in [3.63, 3.8) is 0 Å². The molecule has 2 aromatic heterocycles. The second-order valence-electron chi connectivity index (χ2n) is 7.68. The van der Waals surface area contributed by atoms with Crippen LogP contribution in [0.1, 0.15) is 47.5 Å². The van der Waals surface area contributed by atoms with Gasteiger partial charge in [0.25, 0.3) is 5.91 Å². The summed E-state index contributed by atoms with van der Waals surface area (Å²) >= 11 is 1.36. The van der Waals surface area contributed by atoms with Crippen molar-refractivity contribution in [3.05, 3.63) is 50.8 Å². The van der Waals surface area contributed by atoms with E-state index in [1.807, 2.05) is 0 Å². The van der Waals surface area contributed by atoms with E-state index in [4.69, 9.17) is 13.9 Å². The van der Waals surface area contributed by atoms with Crippen LogP contribution >= 0.6 is 11.3 Å². The third-order valence-corrected chi connectivity index (χ3v) is 6.63. The van der Waals surface area contributed by atoms with E-state index in [1.165, 1.54) is 18.3 Å². The predicted octanol–water partition coefficient (Wildman–Crippen LogP) is 3.28. The third kappa shape index (κ3) is 4.70. The lowest BCUT2D eigenvalue weighted by Gasteiger charge is -2.14. The summed E-state index contributed by atoms with van der Waals surface area (Å²) in [7, 11) is 0. The Hall–Kier alpha value is -3.40. The van der Waals surface area contributed by atoms with Crippen LogP contribution in [0.4, 0.5) is 5.00 Å². The number of anilines is 1. The molecule has 0 spiro atoms. The minimum atomic E-state index is -1.14. The van der Waals surface area contributed by atoms with Crippen LogP contribution in [-0.4, -0.2) is 35.1 Å². The lowest BCUT2D eigenvalue weighted by Crippen LogP contribution is -2.32. The Morgan fingerprint density at radius 3 is 2.76 bits per heavy atom. The normalized spacial score (nSPS) is 13.9. The van der Waals surface area contributed by atoms with E-state index in [-0.39, 0.29) is 6.61 Å². The number of rotatable bonds is 7. The Bertz CT molecular complexity index is 1270. The van der Waals surface area contributed by atoms with Crippen molar-refractivity contribution in [1.29, 1.82) is 0 Å². The fraction of sp³-hybridized carbons (Fsp3) is 0.391. The van der Waals surface area contributed by atoms with Gasteiger partial charge in [0, 0.05) is 4.88 Å². The number of hydrogen-bond donors (Lipinski definition) is 1. The zero-order valence-electron chi connectivity index (χ0n) is 18.3. The van der Waals surface area contributed by atoms with Gasteiger partial charge >= 0.3 is 17.7 Å². The van der Waals surface area contributed by atoms with Crippen molar-refractivity contribution in [2.24, 2.45) is 0 Å². The van der Waals surface area contributed by atoms with E-state index in [1.54, 1.807) is 31.2 Å². The molecule has 1 aliphatic rings. The highest BCUT2D eigenvalue weighted by Gasteiger charge is 2.29. The van der Waals surface area contributed by atoms with Gasteiger partial charge in [-0.15, -0.1) is 11.3 Å². The van der Waals surface area contributed by atoms with Crippen molar-refractivity contribution < 1.29 is 28.3 Å². The molecule has 1 unspecified atom stereocenters. The first-order valence-corrected chi connectivity index (χ1v) is 11.6. The van der Waals surface area contributed by atoms with Gasteiger partial charge in [-0.3, -0.25) is 14.2 Å². The van der Waals surface area contributed by atoms with E-state index >= 15 is 0 Å². The Balaban J connectivity index is 1.46. The lowest BCUT2D eigenvalue weighted by molar-refractivity contribution is -0.153. The molecule has 0 saturated heterocycles. The molecule has 1 atom stereocenters. The van der Waals surface area contributed by atoms with Gasteiger partial charge in [-0.25, -0.2) is 9.59 Å². The van der Waals surface area contributed by atoms with Gasteiger partial charge in [-0.05, 0) is 57.2 Å². The second-order valence-corrected chi connectivity index (χ2v) is 8.78. The molecule has 174 valence electrons. The van der Waals surface area contributed by atoms with Crippen LogP contribution in [0.15, 0.2) is 33.5 Å². The maximum absolute atomic E-state index is 12.8. The molecule has 4 rings (SSSR count). The molecule has 1 aliphatic carbocycles. The van der Waals surface area contributed by atoms with Crippen molar-refractivity contribution in [2.45, 2.75) is 52.2 Å². The number of ether oxygens (including phenoxy) is 2. The minimum Gasteiger partial charge on any atom is -0.462 e. The molecule has 3 aromatic rings. The smallest absolute Gasteiger partial charge is 0.420 e. The molecule has 10 heteroatoms. The number of esters is 2. The molecule has 2 heterocycles. The highest BCUT2D eigenvalue weighted by molar-refractivity contribution is 7.17. The minimum absolute atomic E-state index is 0.229. The fourth-order valence-electron chi connectivity index (χ4n) is 3.87. The number of para-hydroxylation sites is 2. The number of thiophene rings is 1. The molecule has 1 amide bonds. The molecule has 1 aromatic carbocycles. The van der Waals surface area contributed by atoms with Crippen molar-refractivity contribution >= 4 is 45.3 Å². The maximum Gasteiger partial charge on any atom is 0.420 e. The highest BCUT2D eigenvalue weighted by atomic mass is 32.1. The summed E-state index contributed by atoms with van der Waals surface area (Å²) in [5, 5.41) is 3.13. The molecule has 0 fully saturated rings. The third-order valence-electron chi connectivity index (χ3n) is 5.43. The van der Waals surface area contributed by atoms with Gasteiger partial charge in [0.05, 0.1) is 17.7 Å². The number of aromatic nitrogens is 1. The monoisotopic (exact) mass is 472 g/mol.